The standard InChI is InChI=1S/C13H16O3/c1-2-9-16-11-5-3-10(4-6-11)13(7-8-13)12(14)15/h3-6H,2,7-9H2,1H3,(H,14,15). The predicted octanol–water partition coefficient (Wildman–Crippen LogP) is 2.59. The van der Waals surface area contributed by atoms with E-state index in [1.807, 2.05) is 24.3 Å². The summed E-state index contributed by atoms with van der Waals surface area (Å²) in [4.78, 5) is 11.1. The number of hydrogen-bond donors (Lipinski definition) is 1. The van der Waals surface area contributed by atoms with Gasteiger partial charge in [0.15, 0.2) is 0 Å². The summed E-state index contributed by atoms with van der Waals surface area (Å²) in [5.74, 6) is 0.0986. The molecule has 0 atom stereocenters. The zero-order valence-corrected chi connectivity index (χ0v) is 9.40. The Kier molecular flexibility index (Phi) is 2.86. The average Bonchev–Trinajstić information content (AvgIpc) is 3.08. The van der Waals surface area contributed by atoms with Crippen molar-refractivity contribution < 1.29 is 14.6 Å². The smallest absolute Gasteiger partial charge is 0.314 e. The van der Waals surface area contributed by atoms with E-state index in [-0.39, 0.29) is 0 Å². The van der Waals surface area contributed by atoms with E-state index in [0.29, 0.717) is 6.61 Å². The monoisotopic (exact) mass is 220 g/mol. The lowest BCUT2D eigenvalue weighted by Gasteiger charge is -2.11. The van der Waals surface area contributed by atoms with E-state index in [9.17, 15) is 4.79 Å². The van der Waals surface area contributed by atoms with Gasteiger partial charge in [-0.3, -0.25) is 4.79 Å². The van der Waals surface area contributed by atoms with Crippen molar-refractivity contribution in [3.05, 3.63) is 29.8 Å². The maximum Gasteiger partial charge on any atom is 0.314 e. The van der Waals surface area contributed by atoms with Gasteiger partial charge in [0.25, 0.3) is 0 Å². The molecule has 1 saturated carbocycles. The largest absolute Gasteiger partial charge is 0.494 e. The molecule has 1 N–H and O–H groups in total. The Morgan fingerprint density at radius 3 is 2.44 bits per heavy atom. The number of rotatable bonds is 5. The van der Waals surface area contributed by atoms with Crippen LogP contribution in [-0.4, -0.2) is 17.7 Å². The number of ether oxygens (including phenoxy) is 1. The van der Waals surface area contributed by atoms with Crippen LogP contribution in [0.4, 0.5) is 0 Å². The molecule has 1 aliphatic rings. The summed E-state index contributed by atoms with van der Waals surface area (Å²) in [6.45, 7) is 2.75. The van der Waals surface area contributed by atoms with Crippen LogP contribution in [0.1, 0.15) is 31.7 Å². The molecular formula is C13H16O3. The van der Waals surface area contributed by atoms with Crippen molar-refractivity contribution in [2.45, 2.75) is 31.6 Å². The van der Waals surface area contributed by atoms with Crippen LogP contribution in [0.2, 0.25) is 0 Å². The van der Waals surface area contributed by atoms with Crippen LogP contribution >= 0.6 is 0 Å². The topological polar surface area (TPSA) is 46.5 Å². The van der Waals surface area contributed by atoms with Crippen molar-refractivity contribution in [1.29, 1.82) is 0 Å². The summed E-state index contributed by atoms with van der Waals surface area (Å²) in [6.07, 6.45) is 2.47. The maximum atomic E-state index is 11.1. The molecule has 0 amide bonds. The van der Waals surface area contributed by atoms with E-state index < -0.39 is 11.4 Å². The second-order valence-electron chi connectivity index (χ2n) is 4.26. The van der Waals surface area contributed by atoms with Gasteiger partial charge in [0.1, 0.15) is 5.75 Å². The molecule has 1 aromatic rings. The molecule has 1 aromatic carbocycles. The maximum absolute atomic E-state index is 11.1. The van der Waals surface area contributed by atoms with E-state index in [0.717, 1.165) is 30.6 Å². The van der Waals surface area contributed by atoms with E-state index in [2.05, 4.69) is 6.92 Å². The fourth-order valence-electron chi connectivity index (χ4n) is 1.84. The highest BCUT2D eigenvalue weighted by molar-refractivity contribution is 5.84. The average molecular weight is 220 g/mol. The molecule has 0 spiro atoms. The molecule has 16 heavy (non-hydrogen) atoms. The number of carboxylic acid groups (broad SMARTS) is 1. The predicted molar refractivity (Wildman–Crippen MR) is 60.8 cm³/mol. The molecule has 3 nitrogen and oxygen atoms in total. The Bertz CT molecular complexity index is 377. The number of benzene rings is 1. The van der Waals surface area contributed by atoms with E-state index in [1.54, 1.807) is 0 Å². The zero-order chi connectivity index (χ0) is 11.6. The molecule has 86 valence electrons. The SMILES string of the molecule is CCCOc1ccc(C2(C(=O)O)CC2)cc1. The zero-order valence-electron chi connectivity index (χ0n) is 9.40. The highest BCUT2D eigenvalue weighted by atomic mass is 16.5. The molecule has 0 aromatic heterocycles. The van der Waals surface area contributed by atoms with Crippen molar-refractivity contribution in [3.8, 4) is 5.75 Å². The number of carbonyl (C=O) groups is 1. The minimum Gasteiger partial charge on any atom is -0.494 e. The third-order valence-corrected chi connectivity index (χ3v) is 3.04. The van der Waals surface area contributed by atoms with Gasteiger partial charge in [0, 0.05) is 0 Å². The van der Waals surface area contributed by atoms with Gasteiger partial charge in [0.05, 0.1) is 12.0 Å². The minimum absolute atomic E-state index is 0.608. The molecule has 0 aliphatic heterocycles. The normalized spacial score (nSPS) is 16.8. The lowest BCUT2D eigenvalue weighted by atomic mass is 9.96. The van der Waals surface area contributed by atoms with Crippen molar-refractivity contribution in [2.75, 3.05) is 6.61 Å². The van der Waals surface area contributed by atoms with Gasteiger partial charge in [-0.05, 0) is 37.0 Å². The van der Waals surface area contributed by atoms with Crippen LogP contribution in [-0.2, 0) is 10.2 Å². The van der Waals surface area contributed by atoms with Crippen LogP contribution < -0.4 is 4.74 Å². The Morgan fingerprint density at radius 2 is 2.00 bits per heavy atom. The molecule has 0 heterocycles. The van der Waals surface area contributed by atoms with Crippen molar-refractivity contribution in [1.82, 2.24) is 0 Å². The van der Waals surface area contributed by atoms with Gasteiger partial charge in [0.2, 0.25) is 0 Å². The van der Waals surface area contributed by atoms with Crippen molar-refractivity contribution >= 4 is 5.97 Å². The van der Waals surface area contributed by atoms with E-state index >= 15 is 0 Å². The lowest BCUT2D eigenvalue weighted by molar-refractivity contribution is -0.140. The second kappa shape index (κ2) is 4.16. The summed E-state index contributed by atoms with van der Waals surface area (Å²) < 4.78 is 5.46. The Balaban J connectivity index is 2.11. The minimum atomic E-state index is -0.713. The molecule has 0 bridgehead atoms. The number of carboxylic acids is 1. The molecule has 0 unspecified atom stereocenters. The highest BCUT2D eigenvalue weighted by Gasteiger charge is 2.51. The molecule has 1 aliphatic carbocycles. The molecule has 2 rings (SSSR count). The number of aliphatic carboxylic acids is 1. The van der Waals surface area contributed by atoms with Gasteiger partial charge < -0.3 is 9.84 Å². The molecule has 0 radical (unpaired) electrons. The Labute approximate surface area is 95.0 Å². The van der Waals surface area contributed by atoms with Crippen molar-refractivity contribution in [3.63, 3.8) is 0 Å². The highest BCUT2D eigenvalue weighted by Crippen LogP contribution is 2.48. The summed E-state index contributed by atoms with van der Waals surface area (Å²) in [6, 6.07) is 7.44. The summed E-state index contributed by atoms with van der Waals surface area (Å²) in [5, 5.41) is 9.14. The Hall–Kier alpha value is -1.51. The molecule has 1 fully saturated rings. The van der Waals surface area contributed by atoms with E-state index in [4.69, 9.17) is 9.84 Å². The van der Waals surface area contributed by atoms with Crippen LogP contribution in [0.25, 0.3) is 0 Å². The third kappa shape index (κ3) is 1.90. The van der Waals surface area contributed by atoms with Gasteiger partial charge in [-0.2, -0.15) is 0 Å². The first-order chi connectivity index (χ1) is 7.69. The molecular weight excluding hydrogens is 204 g/mol. The summed E-state index contributed by atoms with van der Waals surface area (Å²) in [5.41, 5.74) is 0.285. The fraction of sp³-hybridized carbons (Fsp3) is 0.462. The number of hydrogen-bond acceptors (Lipinski definition) is 2. The van der Waals surface area contributed by atoms with Crippen LogP contribution in [0, 0.1) is 0 Å². The van der Waals surface area contributed by atoms with Crippen LogP contribution in [0.5, 0.6) is 5.75 Å². The summed E-state index contributed by atoms with van der Waals surface area (Å²) in [7, 11) is 0. The first kappa shape index (κ1) is 11.0. The van der Waals surface area contributed by atoms with Crippen LogP contribution in [0.3, 0.4) is 0 Å². The van der Waals surface area contributed by atoms with Gasteiger partial charge in [-0.1, -0.05) is 19.1 Å². The quantitative estimate of drug-likeness (QED) is 0.829. The van der Waals surface area contributed by atoms with Gasteiger partial charge >= 0.3 is 5.97 Å². The molecule has 0 saturated heterocycles. The van der Waals surface area contributed by atoms with E-state index in [1.165, 1.54) is 0 Å². The Morgan fingerprint density at radius 1 is 1.38 bits per heavy atom. The van der Waals surface area contributed by atoms with Crippen LogP contribution in [0.15, 0.2) is 24.3 Å². The summed E-state index contributed by atoms with van der Waals surface area (Å²) >= 11 is 0. The van der Waals surface area contributed by atoms with Crippen molar-refractivity contribution in [2.24, 2.45) is 0 Å². The first-order valence-electron chi connectivity index (χ1n) is 5.66. The van der Waals surface area contributed by atoms with Gasteiger partial charge in [-0.15, -0.1) is 0 Å². The second-order valence-corrected chi connectivity index (χ2v) is 4.26. The van der Waals surface area contributed by atoms with Gasteiger partial charge in [-0.25, -0.2) is 0 Å². The lowest BCUT2D eigenvalue weighted by Crippen LogP contribution is -2.19. The molecule has 3 heteroatoms. The third-order valence-electron chi connectivity index (χ3n) is 3.04. The fourth-order valence-corrected chi connectivity index (χ4v) is 1.84. The first-order valence-corrected chi connectivity index (χ1v) is 5.66.